The second-order valence-electron chi connectivity index (χ2n) is 3.68. The minimum Gasteiger partial charge on any atom is -0.464 e. The number of hydrogen-bond donors (Lipinski definition) is 1. The molecule has 0 amide bonds. The van der Waals surface area contributed by atoms with Gasteiger partial charge in [0, 0.05) is 11.4 Å². The first-order valence-electron chi connectivity index (χ1n) is 4.87. The average molecular weight is 189 g/mol. The third-order valence-corrected chi connectivity index (χ3v) is 2.72. The van der Waals surface area contributed by atoms with E-state index in [1.807, 2.05) is 13.1 Å². The second-order valence-corrected chi connectivity index (χ2v) is 3.68. The van der Waals surface area contributed by atoms with Crippen LogP contribution >= 0.6 is 0 Å². The summed E-state index contributed by atoms with van der Waals surface area (Å²) in [6.07, 6.45) is 1.80. The van der Waals surface area contributed by atoms with Crippen LogP contribution in [-0.4, -0.2) is 7.05 Å². The smallest absolute Gasteiger partial charge is 0.134 e. The van der Waals surface area contributed by atoms with E-state index in [9.17, 15) is 0 Å². The molecule has 1 N–H and O–H groups in total. The number of hydrogen-bond acceptors (Lipinski definition) is 2. The van der Waals surface area contributed by atoms with Crippen molar-refractivity contribution >= 4 is 11.0 Å². The molecule has 2 aromatic rings. The maximum Gasteiger partial charge on any atom is 0.134 e. The van der Waals surface area contributed by atoms with Gasteiger partial charge in [-0.15, -0.1) is 0 Å². The van der Waals surface area contributed by atoms with Crippen molar-refractivity contribution in [3.05, 3.63) is 35.6 Å². The van der Waals surface area contributed by atoms with E-state index in [4.69, 9.17) is 4.42 Å². The SMILES string of the molecule is CNC(C)c1ccc2occ(C)c2c1. The molecule has 0 saturated carbocycles. The third kappa shape index (κ3) is 1.42. The van der Waals surface area contributed by atoms with Gasteiger partial charge in [-0.05, 0) is 44.2 Å². The molecule has 1 aromatic heterocycles. The molecule has 0 spiro atoms. The summed E-state index contributed by atoms with van der Waals surface area (Å²) < 4.78 is 5.40. The molecule has 1 aromatic carbocycles. The number of rotatable bonds is 2. The largest absolute Gasteiger partial charge is 0.464 e. The summed E-state index contributed by atoms with van der Waals surface area (Å²) in [6.45, 7) is 4.22. The van der Waals surface area contributed by atoms with Crippen molar-refractivity contribution in [1.29, 1.82) is 0 Å². The zero-order valence-electron chi connectivity index (χ0n) is 8.79. The van der Waals surface area contributed by atoms with Crippen LogP contribution in [0.3, 0.4) is 0 Å². The van der Waals surface area contributed by atoms with Crippen LogP contribution in [0.25, 0.3) is 11.0 Å². The first-order valence-corrected chi connectivity index (χ1v) is 4.87. The summed E-state index contributed by atoms with van der Waals surface area (Å²) in [5.74, 6) is 0. The fourth-order valence-electron chi connectivity index (χ4n) is 1.61. The lowest BCUT2D eigenvalue weighted by molar-refractivity contribution is 0.612. The molecule has 0 saturated heterocycles. The van der Waals surface area contributed by atoms with E-state index in [0.29, 0.717) is 6.04 Å². The number of furan rings is 1. The van der Waals surface area contributed by atoms with Crippen molar-refractivity contribution in [2.45, 2.75) is 19.9 Å². The molecule has 0 aliphatic carbocycles. The maximum atomic E-state index is 5.40. The lowest BCUT2D eigenvalue weighted by atomic mass is 10.1. The van der Waals surface area contributed by atoms with Crippen molar-refractivity contribution in [2.75, 3.05) is 7.05 Å². The molecule has 1 unspecified atom stereocenters. The van der Waals surface area contributed by atoms with Gasteiger partial charge in [-0.1, -0.05) is 6.07 Å². The molecule has 0 bridgehead atoms. The van der Waals surface area contributed by atoms with Gasteiger partial charge in [-0.25, -0.2) is 0 Å². The van der Waals surface area contributed by atoms with Gasteiger partial charge in [-0.3, -0.25) is 0 Å². The lowest BCUT2D eigenvalue weighted by Crippen LogP contribution is -2.11. The Bertz CT molecular complexity index is 445. The van der Waals surface area contributed by atoms with Gasteiger partial charge in [0.2, 0.25) is 0 Å². The molecule has 0 aliphatic rings. The molecule has 74 valence electrons. The molecule has 2 rings (SSSR count). The Morgan fingerprint density at radius 2 is 2.14 bits per heavy atom. The van der Waals surface area contributed by atoms with Crippen LogP contribution in [-0.2, 0) is 0 Å². The summed E-state index contributed by atoms with van der Waals surface area (Å²) in [6, 6.07) is 6.71. The monoisotopic (exact) mass is 189 g/mol. The highest BCUT2D eigenvalue weighted by Gasteiger charge is 2.06. The van der Waals surface area contributed by atoms with Crippen LogP contribution in [0.5, 0.6) is 0 Å². The maximum absolute atomic E-state index is 5.40. The fraction of sp³-hybridized carbons (Fsp3) is 0.333. The minimum atomic E-state index is 0.383. The number of aryl methyl sites for hydroxylation is 1. The van der Waals surface area contributed by atoms with E-state index in [1.54, 1.807) is 6.26 Å². The second kappa shape index (κ2) is 3.46. The Hall–Kier alpha value is -1.28. The first-order chi connectivity index (χ1) is 6.72. The van der Waals surface area contributed by atoms with E-state index in [-0.39, 0.29) is 0 Å². The number of benzene rings is 1. The zero-order chi connectivity index (χ0) is 10.1. The van der Waals surface area contributed by atoms with Crippen molar-refractivity contribution < 1.29 is 4.42 Å². The summed E-state index contributed by atoms with van der Waals surface area (Å²) >= 11 is 0. The van der Waals surface area contributed by atoms with Gasteiger partial charge < -0.3 is 9.73 Å². The molecule has 2 heteroatoms. The average Bonchev–Trinajstić information content (AvgIpc) is 2.59. The van der Waals surface area contributed by atoms with Crippen molar-refractivity contribution in [1.82, 2.24) is 5.32 Å². The number of nitrogens with one attached hydrogen (secondary N) is 1. The summed E-state index contributed by atoms with van der Waals surface area (Å²) in [5.41, 5.74) is 3.46. The van der Waals surface area contributed by atoms with E-state index in [1.165, 1.54) is 16.5 Å². The summed E-state index contributed by atoms with van der Waals surface area (Å²) in [7, 11) is 1.97. The van der Waals surface area contributed by atoms with Crippen molar-refractivity contribution in [3.63, 3.8) is 0 Å². The number of fused-ring (bicyclic) bond motifs is 1. The summed E-state index contributed by atoms with van der Waals surface area (Å²) in [4.78, 5) is 0. The van der Waals surface area contributed by atoms with E-state index in [0.717, 1.165) is 5.58 Å². The Balaban J connectivity index is 2.54. The van der Waals surface area contributed by atoms with Crippen LogP contribution in [0.15, 0.2) is 28.9 Å². The lowest BCUT2D eigenvalue weighted by Gasteiger charge is -2.09. The normalized spacial score (nSPS) is 13.4. The van der Waals surface area contributed by atoms with Crippen molar-refractivity contribution in [3.8, 4) is 0 Å². The van der Waals surface area contributed by atoms with E-state index in [2.05, 4.69) is 31.3 Å². The highest BCUT2D eigenvalue weighted by atomic mass is 16.3. The fourth-order valence-corrected chi connectivity index (χ4v) is 1.61. The quantitative estimate of drug-likeness (QED) is 0.785. The van der Waals surface area contributed by atoms with Gasteiger partial charge >= 0.3 is 0 Å². The Kier molecular flexibility index (Phi) is 2.30. The zero-order valence-corrected chi connectivity index (χ0v) is 8.79. The van der Waals surface area contributed by atoms with E-state index >= 15 is 0 Å². The van der Waals surface area contributed by atoms with Gasteiger partial charge in [0.05, 0.1) is 6.26 Å². The van der Waals surface area contributed by atoms with Crippen LogP contribution < -0.4 is 5.32 Å². The minimum absolute atomic E-state index is 0.383. The van der Waals surface area contributed by atoms with Gasteiger partial charge in [0.25, 0.3) is 0 Å². The van der Waals surface area contributed by atoms with Crippen LogP contribution in [0.4, 0.5) is 0 Å². The Morgan fingerprint density at radius 1 is 1.36 bits per heavy atom. The molecule has 1 heterocycles. The molecule has 2 nitrogen and oxygen atoms in total. The topological polar surface area (TPSA) is 25.2 Å². The van der Waals surface area contributed by atoms with E-state index < -0.39 is 0 Å². The van der Waals surface area contributed by atoms with Gasteiger partial charge in [-0.2, -0.15) is 0 Å². The molecular weight excluding hydrogens is 174 g/mol. The standard InChI is InChI=1S/C12H15NO/c1-8-7-14-12-5-4-10(6-11(8)12)9(2)13-3/h4-7,9,13H,1-3H3. The van der Waals surface area contributed by atoms with Gasteiger partial charge in [0.15, 0.2) is 0 Å². The highest BCUT2D eigenvalue weighted by molar-refractivity contribution is 5.81. The molecular formula is C12H15NO. The van der Waals surface area contributed by atoms with Crippen LogP contribution in [0.2, 0.25) is 0 Å². The first kappa shape index (κ1) is 9.28. The molecule has 1 atom stereocenters. The van der Waals surface area contributed by atoms with Crippen LogP contribution in [0, 0.1) is 6.92 Å². The van der Waals surface area contributed by atoms with Crippen molar-refractivity contribution in [2.24, 2.45) is 0 Å². The Labute approximate surface area is 83.9 Å². The molecule has 0 aliphatic heterocycles. The Morgan fingerprint density at radius 3 is 2.86 bits per heavy atom. The predicted octanol–water partition coefficient (Wildman–Crippen LogP) is 3.02. The molecule has 0 radical (unpaired) electrons. The van der Waals surface area contributed by atoms with Crippen LogP contribution in [0.1, 0.15) is 24.1 Å². The predicted molar refractivity (Wildman–Crippen MR) is 58.4 cm³/mol. The third-order valence-electron chi connectivity index (χ3n) is 2.72. The molecule has 0 fully saturated rings. The summed E-state index contributed by atoms with van der Waals surface area (Å²) in [5, 5.41) is 4.44. The highest BCUT2D eigenvalue weighted by Crippen LogP contribution is 2.24. The molecule has 14 heavy (non-hydrogen) atoms. The van der Waals surface area contributed by atoms with Gasteiger partial charge in [0.1, 0.15) is 5.58 Å².